The van der Waals surface area contributed by atoms with Gasteiger partial charge in [-0.25, -0.2) is 0 Å². The molecule has 2 rings (SSSR count). The number of nitro groups is 1. The molecule has 2 aromatic carbocycles. The fourth-order valence-corrected chi connectivity index (χ4v) is 2.45. The number of amides is 3. The molecular formula is C18H18N4O5. The van der Waals surface area contributed by atoms with Crippen LogP contribution in [0.2, 0.25) is 0 Å². The summed E-state index contributed by atoms with van der Waals surface area (Å²) >= 11 is 0. The lowest BCUT2D eigenvalue weighted by molar-refractivity contribution is -0.385. The lowest BCUT2D eigenvalue weighted by Crippen LogP contribution is -2.45. The van der Waals surface area contributed by atoms with Crippen molar-refractivity contribution in [3.63, 3.8) is 0 Å². The highest BCUT2D eigenvalue weighted by Gasteiger charge is 2.23. The fraction of sp³-hybridized carbons (Fsp3) is 0.167. The highest BCUT2D eigenvalue weighted by Crippen LogP contribution is 2.19. The lowest BCUT2D eigenvalue weighted by Gasteiger charge is -2.16. The number of rotatable bonds is 7. The van der Waals surface area contributed by atoms with E-state index in [4.69, 9.17) is 5.73 Å². The van der Waals surface area contributed by atoms with Crippen LogP contribution in [0.3, 0.4) is 0 Å². The first kappa shape index (κ1) is 19.6. The largest absolute Gasteiger partial charge is 0.368 e. The van der Waals surface area contributed by atoms with Crippen molar-refractivity contribution in [3.8, 4) is 0 Å². The maximum atomic E-state index is 12.4. The monoisotopic (exact) mass is 370 g/mol. The van der Waals surface area contributed by atoms with E-state index in [2.05, 4.69) is 10.6 Å². The number of nitro benzene ring substituents is 1. The Balaban J connectivity index is 2.14. The number of nitrogens with two attached hydrogens (primary N) is 1. The summed E-state index contributed by atoms with van der Waals surface area (Å²) in [7, 11) is 0. The second kappa shape index (κ2) is 8.56. The van der Waals surface area contributed by atoms with Crippen LogP contribution in [-0.2, 0) is 16.0 Å². The molecule has 0 bridgehead atoms. The van der Waals surface area contributed by atoms with Gasteiger partial charge >= 0.3 is 0 Å². The van der Waals surface area contributed by atoms with Gasteiger partial charge in [-0.05, 0) is 24.3 Å². The van der Waals surface area contributed by atoms with Crippen molar-refractivity contribution in [1.29, 1.82) is 0 Å². The Bertz CT molecular complexity index is 880. The van der Waals surface area contributed by atoms with Crippen LogP contribution in [0.5, 0.6) is 0 Å². The maximum Gasteiger partial charge on any atom is 0.272 e. The van der Waals surface area contributed by atoms with Gasteiger partial charge in [-0.2, -0.15) is 0 Å². The summed E-state index contributed by atoms with van der Waals surface area (Å²) in [6, 6.07) is 10.8. The van der Waals surface area contributed by atoms with Gasteiger partial charge in [-0.1, -0.05) is 18.2 Å². The van der Waals surface area contributed by atoms with Crippen molar-refractivity contribution in [2.45, 2.75) is 19.4 Å². The van der Waals surface area contributed by atoms with Crippen molar-refractivity contribution >= 4 is 29.1 Å². The molecule has 9 heteroatoms. The number of primary amides is 1. The van der Waals surface area contributed by atoms with E-state index < -0.39 is 22.8 Å². The highest BCUT2D eigenvalue weighted by molar-refractivity contribution is 5.98. The second-order valence-electron chi connectivity index (χ2n) is 5.78. The summed E-state index contributed by atoms with van der Waals surface area (Å²) in [5.74, 6) is -1.62. The third-order valence-corrected chi connectivity index (χ3v) is 3.73. The minimum atomic E-state index is -1.12. The van der Waals surface area contributed by atoms with Crippen LogP contribution in [0.4, 0.5) is 11.4 Å². The molecule has 1 atom stereocenters. The Morgan fingerprint density at radius 3 is 2.30 bits per heavy atom. The molecule has 3 amide bonds. The highest BCUT2D eigenvalue weighted by atomic mass is 16.6. The van der Waals surface area contributed by atoms with Crippen molar-refractivity contribution in [3.05, 3.63) is 69.8 Å². The van der Waals surface area contributed by atoms with Crippen LogP contribution >= 0.6 is 0 Å². The minimum Gasteiger partial charge on any atom is -0.368 e. The van der Waals surface area contributed by atoms with Gasteiger partial charge in [0.05, 0.1) is 4.92 Å². The molecule has 0 spiro atoms. The standard InChI is InChI=1S/C18H18N4O5/c1-11(23)20-14-8-6-12(7-9-14)18(25)21-15(17(19)24)10-13-4-2-3-5-16(13)22(26)27/h2-9,15H,10H2,1H3,(H2,19,24)(H,20,23)(H,21,25)/t15-/m0/s1. The summed E-state index contributed by atoms with van der Waals surface area (Å²) in [4.78, 5) is 45.6. The zero-order valence-electron chi connectivity index (χ0n) is 14.5. The second-order valence-corrected chi connectivity index (χ2v) is 5.78. The van der Waals surface area contributed by atoms with Gasteiger partial charge in [0, 0.05) is 36.2 Å². The van der Waals surface area contributed by atoms with Gasteiger partial charge in [-0.15, -0.1) is 0 Å². The van der Waals surface area contributed by atoms with E-state index in [1.54, 1.807) is 6.07 Å². The molecule has 0 aliphatic rings. The van der Waals surface area contributed by atoms with E-state index in [9.17, 15) is 24.5 Å². The Labute approximate surface area is 154 Å². The smallest absolute Gasteiger partial charge is 0.272 e. The van der Waals surface area contributed by atoms with Crippen LogP contribution in [0.1, 0.15) is 22.8 Å². The summed E-state index contributed by atoms with van der Waals surface area (Å²) in [6.45, 7) is 1.36. The first-order valence-electron chi connectivity index (χ1n) is 7.98. The molecule has 0 unspecified atom stereocenters. The number of carbonyl (C=O) groups is 3. The van der Waals surface area contributed by atoms with Gasteiger partial charge in [-0.3, -0.25) is 24.5 Å². The molecule has 0 fully saturated rings. The maximum absolute atomic E-state index is 12.4. The number of carbonyl (C=O) groups excluding carboxylic acids is 3. The van der Waals surface area contributed by atoms with Gasteiger partial charge in [0.2, 0.25) is 11.8 Å². The molecule has 0 radical (unpaired) electrons. The molecule has 2 aromatic rings. The Morgan fingerprint density at radius 1 is 1.11 bits per heavy atom. The SMILES string of the molecule is CC(=O)Nc1ccc(C(=O)N[C@@H](Cc2ccccc2[N+](=O)[O-])C(N)=O)cc1. The molecule has 0 saturated heterocycles. The Hall–Kier alpha value is -3.75. The van der Waals surface area contributed by atoms with Gasteiger partial charge < -0.3 is 16.4 Å². The van der Waals surface area contributed by atoms with E-state index in [0.29, 0.717) is 5.69 Å². The molecule has 140 valence electrons. The van der Waals surface area contributed by atoms with E-state index in [1.807, 2.05) is 0 Å². The molecule has 27 heavy (non-hydrogen) atoms. The van der Waals surface area contributed by atoms with Crippen LogP contribution < -0.4 is 16.4 Å². The topological polar surface area (TPSA) is 144 Å². The number of nitrogens with zero attached hydrogens (tertiary/aromatic N) is 1. The Kier molecular flexibility index (Phi) is 6.21. The first-order valence-corrected chi connectivity index (χ1v) is 7.98. The van der Waals surface area contributed by atoms with E-state index in [1.165, 1.54) is 49.4 Å². The van der Waals surface area contributed by atoms with Gasteiger partial charge in [0.15, 0.2) is 0 Å². The molecule has 0 aliphatic carbocycles. The summed E-state index contributed by atoms with van der Waals surface area (Å²) in [6.07, 6.45) is -0.109. The van der Waals surface area contributed by atoms with Crippen LogP contribution in [0.25, 0.3) is 0 Å². The molecule has 0 aromatic heterocycles. The van der Waals surface area contributed by atoms with Crippen molar-refractivity contribution in [2.75, 3.05) is 5.32 Å². The predicted molar refractivity (Wildman–Crippen MR) is 98.0 cm³/mol. The number of para-hydroxylation sites is 1. The molecule has 0 saturated carbocycles. The number of hydrogen-bond donors (Lipinski definition) is 3. The normalized spacial score (nSPS) is 11.3. The van der Waals surface area contributed by atoms with Crippen LogP contribution in [-0.4, -0.2) is 28.7 Å². The Morgan fingerprint density at radius 2 is 1.74 bits per heavy atom. The van der Waals surface area contributed by atoms with Crippen molar-refractivity contribution in [2.24, 2.45) is 5.73 Å². The van der Waals surface area contributed by atoms with Gasteiger partial charge in [0.1, 0.15) is 6.04 Å². The van der Waals surface area contributed by atoms with Crippen molar-refractivity contribution in [1.82, 2.24) is 5.32 Å². The van der Waals surface area contributed by atoms with Crippen molar-refractivity contribution < 1.29 is 19.3 Å². The van der Waals surface area contributed by atoms with E-state index in [-0.39, 0.29) is 29.1 Å². The minimum absolute atomic E-state index is 0.109. The zero-order valence-corrected chi connectivity index (χ0v) is 14.5. The average Bonchev–Trinajstić information content (AvgIpc) is 2.61. The van der Waals surface area contributed by atoms with E-state index in [0.717, 1.165) is 0 Å². The summed E-state index contributed by atoms with van der Waals surface area (Å²) < 4.78 is 0. The number of anilines is 1. The molecule has 9 nitrogen and oxygen atoms in total. The van der Waals surface area contributed by atoms with Crippen LogP contribution in [0.15, 0.2) is 48.5 Å². The quantitative estimate of drug-likeness (QED) is 0.498. The zero-order chi connectivity index (χ0) is 20.0. The summed E-state index contributed by atoms with van der Waals surface area (Å²) in [5, 5.41) is 16.2. The molecule has 0 aliphatic heterocycles. The summed E-state index contributed by atoms with van der Waals surface area (Å²) in [5.41, 5.74) is 6.24. The third kappa shape index (κ3) is 5.36. The average molecular weight is 370 g/mol. The van der Waals surface area contributed by atoms with Crippen LogP contribution in [0, 0.1) is 10.1 Å². The molecule has 0 heterocycles. The van der Waals surface area contributed by atoms with Gasteiger partial charge in [0.25, 0.3) is 11.6 Å². The third-order valence-electron chi connectivity index (χ3n) is 3.73. The molecular weight excluding hydrogens is 352 g/mol. The number of hydrogen-bond acceptors (Lipinski definition) is 5. The van der Waals surface area contributed by atoms with E-state index >= 15 is 0 Å². The number of benzene rings is 2. The lowest BCUT2D eigenvalue weighted by atomic mass is 10.0. The molecule has 4 N–H and O–H groups in total. The predicted octanol–water partition coefficient (Wildman–Crippen LogP) is 1.38. The first-order chi connectivity index (χ1) is 12.8. The fourth-order valence-electron chi connectivity index (χ4n) is 2.45. The number of nitrogens with one attached hydrogen (secondary N) is 2.